The van der Waals surface area contributed by atoms with Crippen molar-refractivity contribution in [3.05, 3.63) is 34.3 Å². The van der Waals surface area contributed by atoms with Gasteiger partial charge in [-0.1, -0.05) is 97.7 Å². The molecule has 1 aromatic carbocycles. The van der Waals surface area contributed by atoms with Crippen molar-refractivity contribution in [1.82, 2.24) is 55.6 Å². The van der Waals surface area contributed by atoms with Crippen molar-refractivity contribution < 1.29 is 65.9 Å². The Morgan fingerprint density at radius 2 is 1.23 bits per heavy atom. The van der Waals surface area contributed by atoms with E-state index in [-0.39, 0.29) is 74.8 Å². The van der Waals surface area contributed by atoms with Gasteiger partial charge in [-0.3, -0.25) is 52.7 Å². The summed E-state index contributed by atoms with van der Waals surface area (Å²) < 4.78 is 41.3. The molecular weight excluding hydrogens is 1190 g/mol. The van der Waals surface area contributed by atoms with Gasteiger partial charge in [0.1, 0.15) is 53.9 Å². The van der Waals surface area contributed by atoms with Crippen LogP contribution in [0.3, 0.4) is 0 Å². The lowest BCUT2D eigenvalue weighted by atomic mass is 9.84. The Morgan fingerprint density at radius 1 is 0.644 bits per heavy atom. The van der Waals surface area contributed by atoms with Gasteiger partial charge in [0.25, 0.3) is 0 Å². The molecule has 0 radical (unpaired) electrons. The van der Waals surface area contributed by atoms with E-state index in [1.54, 1.807) is 27.7 Å². The number of nitrogens with zero attached hydrogens (tertiary/aromatic N) is 7. The van der Waals surface area contributed by atoms with Gasteiger partial charge in [-0.25, -0.2) is 0 Å². The second-order valence-electron chi connectivity index (χ2n) is 26.7. The monoisotopic (exact) mass is 1290 g/mol. The third-order valence-electron chi connectivity index (χ3n) is 18.7. The Labute approximate surface area is 535 Å². The smallest absolute Gasteiger partial charge is 0.343 e. The topological polar surface area (TPSA) is 259 Å². The zero-order valence-corrected chi connectivity index (χ0v) is 56.7. The van der Waals surface area contributed by atoms with Crippen molar-refractivity contribution in [1.29, 1.82) is 0 Å². The Kier molecular flexibility index (Phi) is 27.5. The maximum Gasteiger partial charge on any atom is 0.417 e. The van der Waals surface area contributed by atoms with Crippen molar-refractivity contribution in [2.75, 3.05) is 55.4 Å². The number of hydrogen-bond acceptors (Lipinski definition) is 11. The van der Waals surface area contributed by atoms with Gasteiger partial charge in [0, 0.05) is 61.3 Å². The molecule has 26 heteroatoms. The second kappa shape index (κ2) is 32.7. The summed E-state index contributed by atoms with van der Waals surface area (Å²) in [7, 11) is 8.54. The Morgan fingerprint density at radius 3 is 1.77 bits per heavy atom. The summed E-state index contributed by atoms with van der Waals surface area (Å²) in [5.74, 6) is -7.97. The van der Waals surface area contributed by atoms with Crippen LogP contribution in [0.2, 0.25) is 5.02 Å². The van der Waals surface area contributed by atoms with Crippen LogP contribution in [0.4, 0.5) is 13.2 Å². The fraction of sp³-hybridized carbons (Fsp3) is 0.734. The molecule has 10 atom stereocenters. The number of rotatable bonds is 11. The number of fused-ring (bicyclic) bond motifs is 1. The maximum atomic E-state index is 14.8. The average Bonchev–Trinajstić information content (AvgIpc) is 0.813. The minimum absolute atomic E-state index is 0.0293. The number of benzene rings is 1. The minimum Gasteiger partial charge on any atom is -0.343 e. The first-order valence-electron chi connectivity index (χ1n) is 31.7. The van der Waals surface area contributed by atoms with Gasteiger partial charge in [0.2, 0.25) is 65.0 Å². The molecule has 11 amide bonds. The molecule has 1 saturated carbocycles. The van der Waals surface area contributed by atoms with Gasteiger partial charge in [-0.15, -0.1) is 0 Å². The van der Waals surface area contributed by atoms with Crippen LogP contribution >= 0.6 is 11.6 Å². The molecule has 90 heavy (non-hydrogen) atoms. The molecule has 0 spiro atoms. The summed E-state index contributed by atoms with van der Waals surface area (Å²) in [5.41, 5.74) is -2.48. The van der Waals surface area contributed by atoms with Crippen molar-refractivity contribution in [2.24, 2.45) is 23.7 Å². The molecule has 1 aliphatic carbocycles. The highest BCUT2D eigenvalue weighted by molar-refractivity contribution is 6.31. The Bertz CT molecular complexity index is 2760. The lowest BCUT2D eigenvalue weighted by molar-refractivity contribution is -0.160. The van der Waals surface area contributed by atoms with Crippen LogP contribution in [0.25, 0.3) is 0 Å². The number of aryl methyl sites for hydroxylation is 1. The van der Waals surface area contributed by atoms with Gasteiger partial charge in [-0.05, 0) is 115 Å². The van der Waals surface area contributed by atoms with Crippen LogP contribution in [-0.2, 0) is 65.3 Å². The highest BCUT2D eigenvalue weighted by Gasteiger charge is 2.47. The molecule has 2 heterocycles. The number of nitrogens with one attached hydrogen (secondary N) is 4. The fourth-order valence-corrected chi connectivity index (χ4v) is 11.9. The van der Waals surface area contributed by atoms with Gasteiger partial charge in [0.05, 0.1) is 17.1 Å². The minimum atomic E-state index is -4.76. The van der Waals surface area contributed by atoms with Crippen molar-refractivity contribution in [3.63, 3.8) is 0 Å². The summed E-state index contributed by atoms with van der Waals surface area (Å²) in [4.78, 5) is 168. The van der Waals surface area contributed by atoms with E-state index in [1.807, 2.05) is 20.8 Å². The molecule has 506 valence electrons. The summed E-state index contributed by atoms with van der Waals surface area (Å²) in [5, 5.41) is 10.5. The Hall–Kier alpha value is -6.53. The summed E-state index contributed by atoms with van der Waals surface area (Å²) >= 11 is 6.10. The molecule has 0 aromatic heterocycles. The average molecular weight is 1290 g/mol. The largest absolute Gasteiger partial charge is 0.417 e. The van der Waals surface area contributed by atoms with Crippen molar-refractivity contribution in [2.45, 2.75) is 226 Å². The number of amides is 11. The van der Waals surface area contributed by atoms with Crippen LogP contribution < -0.4 is 21.3 Å². The standard InChI is InChI=1S/C64H101ClF3N11O11/c1-18-38(6)53-61(89)76(15)41(9)56(84)79-29-28-49(79)60(88)77(16)50(34-42-22-20-19-21-23-42)59(87)73(12)35-51(80)69-46(27-25-43-24-26-44(45(65)33-43)64(66,67)68)55(83)70-48(31-37(4)5)58(86)78(17)63(10,11)62(90)71-47(30-36(2)3)57(85)74(13)39(7)32-52(81)75(14)40(8)54(82)72-53/h24,26,33,36-42,46-50,53H,18-23,25,27-32,34-35H2,1-17H3,(H,69,80)(H,70,83)(H,71,90)(H,72,82)/t38?,39-,40+,41+,46+,47+,48+,49+,50+,53+/m1/s1. The summed E-state index contributed by atoms with van der Waals surface area (Å²) in [6.45, 7) is 18.0. The van der Waals surface area contributed by atoms with Crippen LogP contribution in [0.1, 0.15) is 164 Å². The van der Waals surface area contributed by atoms with E-state index in [0.29, 0.717) is 6.42 Å². The van der Waals surface area contributed by atoms with Crippen molar-refractivity contribution in [3.8, 4) is 0 Å². The number of carbonyl (C=O) groups is 11. The predicted octanol–water partition coefficient (Wildman–Crippen LogP) is 5.41. The zero-order chi connectivity index (χ0) is 68.2. The Balaban J connectivity index is 1.82. The molecule has 0 bridgehead atoms. The molecule has 4 rings (SSSR count). The third kappa shape index (κ3) is 19.5. The molecule has 4 N–H and O–H groups in total. The molecule has 22 nitrogen and oxygen atoms in total. The highest BCUT2D eigenvalue weighted by atomic mass is 35.5. The SMILES string of the molecule is CCC(C)[C@@H]1NC(=O)[C@H](C)N(C)C(=O)C[C@@H](C)N(C)C(=O)[C@H](CC(C)C)NC(=O)C(C)(C)N(C)C(=O)[C@H](CC(C)C)NC(=O)[C@H](CCc2ccc(C(F)(F)F)c(Cl)c2)NC(=O)CN(C)C(=O)[C@H](CC2CCCCC2)N(C)C(=O)[C@@H]2CCN2C(=O)[C@H](C)N(C)C1=O. The lowest BCUT2D eigenvalue weighted by Gasteiger charge is -2.45. The summed E-state index contributed by atoms with van der Waals surface area (Å²) in [6, 6.07) is -7.12. The molecule has 1 aromatic rings. The molecule has 1 unspecified atom stereocenters. The number of likely N-dealkylation sites (N-methyl/N-ethyl adjacent to an activating group) is 6. The fourth-order valence-electron chi connectivity index (χ4n) is 11.6. The molecule has 2 saturated heterocycles. The van der Waals surface area contributed by atoms with Crippen LogP contribution in [0.15, 0.2) is 18.2 Å². The summed E-state index contributed by atoms with van der Waals surface area (Å²) in [6.07, 6.45) is 0.136. The molecule has 3 aliphatic rings. The van der Waals surface area contributed by atoms with E-state index in [9.17, 15) is 65.9 Å². The van der Waals surface area contributed by atoms with Crippen LogP contribution in [0.5, 0.6) is 0 Å². The first kappa shape index (κ1) is 75.9. The van der Waals surface area contributed by atoms with Crippen LogP contribution in [0, 0.1) is 23.7 Å². The molecule has 3 fully saturated rings. The highest BCUT2D eigenvalue weighted by Crippen LogP contribution is 2.36. The molecular formula is C64H101ClF3N11O11. The predicted molar refractivity (Wildman–Crippen MR) is 335 cm³/mol. The molecule has 2 aliphatic heterocycles. The number of carbonyl (C=O) groups excluding carboxylic acids is 11. The first-order valence-corrected chi connectivity index (χ1v) is 32.1. The van der Waals surface area contributed by atoms with E-state index in [4.69, 9.17) is 11.6 Å². The maximum absolute atomic E-state index is 14.8. The number of halogens is 4. The van der Waals surface area contributed by atoms with E-state index < -0.39 is 154 Å². The van der Waals surface area contributed by atoms with Gasteiger partial charge in [0.15, 0.2) is 0 Å². The second-order valence-corrected chi connectivity index (χ2v) is 27.1. The quantitative estimate of drug-likeness (QED) is 0.218. The third-order valence-corrected chi connectivity index (χ3v) is 19.0. The van der Waals surface area contributed by atoms with E-state index in [0.717, 1.165) is 54.0 Å². The van der Waals surface area contributed by atoms with Gasteiger partial charge in [-0.2, -0.15) is 13.2 Å². The number of hydrogen-bond donors (Lipinski definition) is 4. The zero-order valence-electron chi connectivity index (χ0n) is 56.0. The van der Waals surface area contributed by atoms with E-state index in [1.165, 1.54) is 101 Å². The van der Waals surface area contributed by atoms with Gasteiger partial charge >= 0.3 is 6.18 Å². The number of alkyl halides is 3. The van der Waals surface area contributed by atoms with Crippen molar-refractivity contribution >= 4 is 76.6 Å². The van der Waals surface area contributed by atoms with Gasteiger partial charge < -0.3 is 55.6 Å². The van der Waals surface area contributed by atoms with Crippen LogP contribution in [-0.4, -0.2) is 215 Å². The first-order chi connectivity index (χ1) is 41.8. The lowest BCUT2D eigenvalue weighted by Crippen LogP contribution is -2.65. The normalized spacial score (nSPS) is 27.1. The van der Waals surface area contributed by atoms with E-state index in [2.05, 4.69) is 21.3 Å². The van der Waals surface area contributed by atoms with E-state index >= 15 is 0 Å².